The van der Waals surface area contributed by atoms with Gasteiger partial charge in [-0.2, -0.15) is 0 Å². The highest BCUT2D eigenvalue weighted by Gasteiger charge is 2.29. The second-order valence-electron chi connectivity index (χ2n) is 8.50. The molecule has 10 nitrogen and oxygen atoms in total. The topological polar surface area (TPSA) is 153 Å². The molecule has 12 heteroatoms. The highest BCUT2D eigenvalue weighted by molar-refractivity contribution is 7.92. The van der Waals surface area contributed by atoms with Crippen LogP contribution < -0.4 is 10.0 Å². The van der Waals surface area contributed by atoms with E-state index in [1.807, 2.05) is 18.3 Å². The first kappa shape index (κ1) is 29.3. The molecule has 3 rings (SSSR count). The van der Waals surface area contributed by atoms with Crippen LogP contribution in [0.5, 0.6) is 0 Å². The number of aliphatic carboxylic acids is 2. The van der Waals surface area contributed by atoms with Gasteiger partial charge >= 0.3 is 11.9 Å². The van der Waals surface area contributed by atoms with Gasteiger partial charge in [0.25, 0.3) is 5.91 Å². The van der Waals surface area contributed by atoms with Gasteiger partial charge in [0.15, 0.2) is 0 Å². The largest absolute Gasteiger partial charge is 0.473 e. The van der Waals surface area contributed by atoms with Gasteiger partial charge in [-0.15, -0.1) is 11.3 Å². The van der Waals surface area contributed by atoms with Crippen molar-refractivity contribution in [3.8, 4) is 0 Å². The van der Waals surface area contributed by atoms with Crippen LogP contribution in [0, 0.1) is 0 Å². The standard InChI is InChI=1S/C22H31N3O3S2.C2H2O4/c1-4-5-14-30(27,28)24-20-8-6-18(7-9-20)22(26)23-11-12-25-16(2)15-19-10-13-29-21(19)17(25)3;3-1(4)2(5)6/h6-10,13,16-17,24H,4-5,11-12,14-15H2,1-3H3,(H,23,26);(H,3,4)(H,5,6)/t16-,17+;/m1./s1. The Hall–Kier alpha value is -2.96. The predicted molar refractivity (Wildman–Crippen MR) is 139 cm³/mol. The number of sulfonamides is 1. The van der Waals surface area contributed by atoms with Crippen LogP contribution >= 0.6 is 11.3 Å². The van der Waals surface area contributed by atoms with Gasteiger partial charge in [-0.25, -0.2) is 18.0 Å². The Morgan fingerprint density at radius 3 is 2.31 bits per heavy atom. The minimum Gasteiger partial charge on any atom is -0.473 e. The van der Waals surface area contributed by atoms with Crippen molar-refractivity contribution < 1.29 is 33.0 Å². The van der Waals surface area contributed by atoms with Crippen LogP contribution in [0.15, 0.2) is 35.7 Å². The molecule has 1 aromatic carbocycles. The molecule has 1 amide bonds. The van der Waals surface area contributed by atoms with Crippen molar-refractivity contribution in [1.29, 1.82) is 0 Å². The molecule has 0 unspecified atom stereocenters. The van der Waals surface area contributed by atoms with Gasteiger partial charge in [-0.3, -0.25) is 14.4 Å². The fraction of sp³-hybridized carbons (Fsp3) is 0.458. The smallest absolute Gasteiger partial charge is 0.414 e. The number of nitrogens with zero attached hydrogens (tertiary/aromatic N) is 1. The maximum absolute atomic E-state index is 12.5. The van der Waals surface area contributed by atoms with Gasteiger partial charge in [0.1, 0.15) is 0 Å². The summed E-state index contributed by atoms with van der Waals surface area (Å²) in [7, 11) is -3.34. The highest BCUT2D eigenvalue weighted by atomic mass is 32.2. The summed E-state index contributed by atoms with van der Waals surface area (Å²) >= 11 is 1.81. The lowest BCUT2D eigenvalue weighted by atomic mass is 9.97. The molecule has 1 aliphatic heterocycles. The van der Waals surface area contributed by atoms with E-state index < -0.39 is 22.0 Å². The van der Waals surface area contributed by atoms with Crippen molar-refractivity contribution in [1.82, 2.24) is 10.2 Å². The fourth-order valence-electron chi connectivity index (χ4n) is 3.92. The molecule has 0 saturated heterocycles. The van der Waals surface area contributed by atoms with E-state index in [-0.39, 0.29) is 11.7 Å². The summed E-state index contributed by atoms with van der Waals surface area (Å²) in [5.74, 6) is -3.69. The lowest BCUT2D eigenvalue weighted by Gasteiger charge is -2.38. The quantitative estimate of drug-likeness (QED) is 0.355. The molecule has 4 N–H and O–H groups in total. The first-order valence-electron chi connectivity index (χ1n) is 11.6. The van der Waals surface area contributed by atoms with Crippen LogP contribution in [0.3, 0.4) is 0 Å². The number of hydrogen-bond acceptors (Lipinski definition) is 7. The van der Waals surface area contributed by atoms with E-state index in [1.54, 1.807) is 24.3 Å². The maximum atomic E-state index is 12.5. The van der Waals surface area contributed by atoms with E-state index in [0.717, 1.165) is 19.4 Å². The van der Waals surface area contributed by atoms with Gasteiger partial charge in [0.05, 0.1) is 5.75 Å². The molecular weight excluding hydrogens is 506 g/mol. The summed E-state index contributed by atoms with van der Waals surface area (Å²) in [6.45, 7) is 7.78. The Morgan fingerprint density at radius 2 is 1.72 bits per heavy atom. The SMILES string of the molecule is CCCCS(=O)(=O)Nc1ccc(C(=O)NCCN2[C@H](C)Cc3ccsc3[C@@H]2C)cc1.O=C(O)C(=O)O. The third-order valence-electron chi connectivity index (χ3n) is 5.76. The molecule has 2 heterocycles. The Morgan fingerprint density at radius 1 is 1.08 bits per heavy atom. The number of rotatable bonds is 9. The summed E-state index contributed by atoms with van der Waals surface area (Å²) in [6.07, 6.45) is 2.49. The average molecular weight is 540 g/mol. The zero-order valence-electron chi connectivity index (χ0n) is 20.6. The number of unbranched alkanes of at least 4 members (excludes halogenated alkanes) is 1. The van der Waals surface area contributed by atoms with Crippen LogP contribution in [-0.2, 0) is 26.0 Å². The van der Waals surface area contributed by atoms with Crippen molar-refractivity contribution in [2.45, 2.75) is 52.1 Å². The number of hydrogen-bond donors (Lipinski definition) is 4. The molecule has 0 radical (unpaired) electrons. The molecule has 36 heavy (non-hydrogen) atoms. The Bertz CT molecular complexity index is 1130. The zero-order chi connectivity index (χ0) is 26.9. The predicted octanol–water partition coefficient (Wildman–Crippen LogP) is 3.18. The molecular formula is C24H33N3O7S2. The third-order valence-corrected chi connectivity index (χ3v) is 8.27. The molecule has 0 fully saturated rings. The number of carbonyl (C=O) groups is 3. The van der Waals surface area contributed by atoms with Crippen molar-refractivity contribution in [2.24, 2.45) is 0 Å². The van der Waals surface area contributed by atoms with Crippen LogP contribution in [-0.4, -0.2) is 66.3 Å². The van der Waals surface area contributed by atoms with Gasteiger partial charge in [-0.1, -0.05) is 13.3 Å². The Balaban J connectivity index is 0.000000678. The third kappa shape index (κ3) is 8.61. The molecule has 1 aliphatic rings. The highest BCUT2D eigenvalue weighted by Crippen LogP contribution is 2.35. The van der Waals surface area contributed by atoms with Gasteiger partial charge in [0.2, 0.25) is 10.0 Å². The van der Waals surface area contributed by atoms with Gasteiger partial charge in [0, 0.05) is 41.3 Å². The van der Waals surface area contributed by atoms with Crippen molar-refractivity contribution in [3.63, 3.8) is 0 Å². The van der Waals surface area contributed by atoms with E-state index in [9.17, 15) is 13.2 Å². The number of carboxylic acids is 2. The number of thiophene rings is 1. The minimum atomic E-state index is -3.34. The van der Waals surface area contributed by atoms with E-state index in [2.05, 4.69) is 40.2 Å². The minimum absolute atomic E-state index is 0.103. The van der Waals surface area contributed by atoms with Crippen LogP contribution in [0.2, 0.25) is 0 Å². The Labute approximate surface area is 215 Å². The summed E-state index contributed by atoms with van der Waals surface area (Å²) in [4.78, 5) is 34.5. The average Bonchev–Trinajstić information content (AvgIpc) is 3.29. The lowest BCUT2D eigenvalue weighted by molar-refractivity contribution is -0.159. The van der Waals surface area contributed by atoms with Crippen molar-refractivity contribution in [2.75, 3.05) is 23.6 Å². The molecule has 2 aromatic rings. The maximum Gasteiger partial charge on any atom is 0.414 e. The van der Waals surface area contributed by atoms with Crippen molar-refractivity contribution >= 4 is 44.9 Å². The van der Waals surface area contributed by atoms with E-state index in [1.165, 1.54) is 10.4 Å². The number of nitrogens with one attached hydrogen (secondary N) is 2. The lowest BCUT2D eigenvalue weighted by Crippen LogP contribution is -2.44. The molecule has 0 bridgehead atoms. The molecule has 198 valence electrons. The normalized spacial score (nSPS) is 17.3. The zero-order valence-corrected chi connectivity index (χ0v) is 22.2. The van der Waals surface area contributed by atoms with Gasteiger partial charge in [-0.05, 0) is 68.0 Å². The number of carbonyl (C=O) groups excluding carboxylic acids is 1. The van der Waals surface area contributed by atoms with E-state index >= 15 is 0 Å². The first-order valence-corrected chi connectivity index (χ1v) is 14.1. The second kappa shape index (κ2) is 13.4. The molecule has 0 spiro atoms. The number of anilines is 1. The van der Waals surface area contributed by atoms with E-state index in [4.69, 9.17) is 19.8 Å². The fourth-order valence-corrected chi connectivity index (χ4v) is 6.20. The Kier molecular flexibility index (Phi) is 10.9. The number of fused-ring (bicyclic) bond motifs is 1. The van der Waals surface area contributed by atoms with E-state index in [0.29, 0.717) is 36.3 Å². The molecule has 0 aliphatic carbocycles. The summed E-state index contributed by atoms with van der Waals surface area (Å²) in [5.41, 5.74) is 2.45. The summed E-state index contributed by atoms with van der Waals surface area (Å²) in [6, 6.07) is 9.59. The second-order valence-corrected chi connectivity index (χ2v) is 11.3. The van der Waals surface area contributed by atoms with Crippen LogP contribution in [0.4, 0.5) is 5.69 Å². The number of carboxylic acid groups (broad SMARTS) is 2. The molecule has 0 saturated carbocycles. The monoisotopic (exact) mass is 539 g/mol. The molecule has 2 atom stereocenters. The summed E-state index contributed by atoms with van der Waals surface area (Å²) in [5, 5.41) is 19.9. The van der Waals surface area contributed by atoms with Gasteiger partial charge < -0.3 is 15.5 Å². The summed E-state index contributed by atoms with van der Waals surface area (Å²) < 4.78 is 26.5. The van der Waals surface area contributed by atoms with Crippen LogP contribution in [0.1, 0.15) is 60.5 Å². The van der Waals surface area contributed by atoms with Crippen molar-refractivity contribution in [3.05, 3.63) is 51.7 Å². The van der Waals surface area contributed by atoms with Crippen LogP contribution in [0.25, 0.3) is 0 Å². The number of benzene rings is 1. The molecule has 1 aromatic heterocycles. The number of amides is 1. The first-order chi connectivity index (χ1) is 16.9.